The van der Waals surface area contributed by atoms with Crippen molar-refractivity contribution in [2.75, 3.05) is 6.54 Å². The van der Waals surface area contributed by atoms with Crippen LogP contribution in [-0.4, -0.2) is 22.6 Å². The smallest absolute Gasteiger partial charge is 0.416 e. The third kappa shape index (κ3) is 5.73. The van der Waals surface area contributed by atoms with Crippen LogP contribution in [0.15, 0.2) is 48.5 Å². The molecule has 1 heterocycles. The molecule has 1 atom stereocenters. The van der Waals surface area contributed by atoms with Crippen LogP contribution in [0.4, 0.5) is 22.4 Å². The number of rotatable bonds is 5. The van der Waals surface area contributed by atoms with Crippen LogP contribution in [0.25, 0.3) is 11.1 Å². The van der Waals surface area contributed by atoms with Crippen LogP contribution >= 0.6 is 0 Å². The monoisotopic (exact) mass is 515 g/mol. The standard InChI is InChI=1S/C29H29F4NO3/c1-16(2)23-13-24(26(35)14-25(23)30)22-6-5-21(29(31,32)33)12-20(22)15-34-8-7-27(37-28(34)36)19-10-17(3)9-18(4)11-19/h5-6,9-14,16,27,35H,7-8,15H2,1-4H3/t27-/m0/s1. The summed E-state index contributed by atoms with van der Waals surface area (Å²) in [6.07, 6.45) is -5.21. The molecule has 1 aliphatic rings. The van der Waals surface area contributed by atoms with Crippen LogP contribution in [0.5, 0.6) is 5.75 Å². The predicted octanol–water partition coefficient (Wildman–Crippen LogP) is 8.04. The van der Waals surface area contributed by atoms with E-state index in [0.29, 0.717) is 12.0 Å². The van der Waals surface area contributed by atoms with Crippen molar-refractivity contribution < 1.29 is 32.2 Å². The molecule has 3 aromatic carbocycles. The number of aromatic hydroxyl groups is 1. The number of carbonyl (C=O) groups excluding carboxylic acids is 1. The van der Waals surface area contributed by atoms with Crippen molar-refractivity contribution in [1.29, 1.82) is 0 Å². The molecule has 8 heteroatoms. The molecule has 37 heavy (non-hydrogen) atoms. The van der Waals surface area contributed by atoms with Crippen molar-refractivity contribution >= 4 is 6.09 Å². The van der Waals surface area contributed by atoms with E-state index in [4.69, 9.17) is 4.74 Å². The number of nitrogens with zero attached hydrogens (tertiary/aromatic N) is 1. The number of alkyl halides is 3. The summed E-state index contributed by atoms with van der Waals surface area (Å²) in [7, 11) is 0. The van der Waals surface area contributed by atoms with Crippen LogP contribution in [0.1, 0.15) is 65.7 Å². The Hall–Kier alpha value is -3.55. The highest BCUT2D eigenvalue weighted by atomic mass is 19.4. The number of carbonyl (C=O) groups is 1. The van der Waals surface area contributed by atoms with Gasteiger partial charge in [-0.15, -0.1) is 0 Å². The fraction of sp³-hybridized carbons (Fsp3) is 0.345. The Kier molecular flexibility index (Phi) is 7.22. The Labute approximate surface area is 213 Å². The number of cyclic esters (lactones) is 1. The van der Waals surface area contributed by atoms with E-state index in [9.17, 15) is 27.5 Å². The molecule has 1 N–H and O–H groups in total. The van der Waals surface area contributed by atoms with Crippen molar-refractivity contribution in [2.24, 2.45) is 0 Å². The largest absolute Gasteiger partial charge is 0.507 e. The average Bonchev–Trinajstić information content (AvgIpc) is 2.79. The number of amides is 1. The molecule has 196 valence electrons. The maximum absolute atomic E-state index is 14.4. The van der Waals surface area contributed by atoms with Gasteiger partial charge in [0.05, 0.1) is 5.56 Å². The molecule has 3 aromatic rings. The number of halogens is 4. The zero-order valence-electron chi connectivity index (χ0n) is 21.1. The minimum atomic E-state index is -4.60. The zero-order chi connectivity index (χ0) is 27.1. The van der Waals surface area contributed by atoms with Gasteiger partial charge in [0.15, 0.2) is 0 Å². The molecule has 4 rings (SSSR count). The summed E-state index contributed by atoms with van der Waals surface area (Å²) < 4.78 is 60.7. The lowest BCUT2D eigenvalue weighted by molar-refractivity contribution is -0.137. The predicted molar refractivity (Wildman–Crippen MR) is 133 cm³/mol. The molecule has 0 bridgehead atoms. The first kappa shape index (κ1) is 26.5. The molecular formula is C29H29F4NO3. The normalized spacial score (nSPS) is 16.3. The lowest BCUT2D eigenvalue weighted by Crippen LogP contribution is -2.38. The molecule has 1 saturated heterocycles. The highest BCUT2D eigenvalue weighted by Gasteiger charge is 2.33. The molecule has 0 radical (unpaired) electrons. The topological polar surface area (TPSA) is 49.8 Å². The van der Waals surface area contributed by atoms with E-state index in [1.165, 1.54) is 17.0 Å². The zero-order valence-corrected chi connectivity index (χ0v) is 21.1. The summed E-state index contributed by atoms with van der Waals surface area (Å²) in [6.45, 7) is 7.59. The second-order valence-electron chi connectivity index (χ2n) is 9.92. The van der Waals surface area contributed by atoms with Crippen molar-refractivity contribution in [2.45, 2.75) is 58.9 Å². The lowest BCUT2D eigenvalue weighted by Gasteiger charge is -2.33. The maximum atomic E-state index is 14.4. The van der Waals surface area contributed by atoms with E-state index >= 15 is 0 Å². The van der Waals surface area contributed by atoms with Crippen LogP contribution in [-0.2, 0) is 17.5 Å². The van der Waals surface area contributed by atoms with E-state index in [1.54, 1.807) is 13.8 Å². The Bertz CT molecular complexity index is 1310. The molecule has 1 amide bonds. The third-order valence-corrected chi connectivity index (χ3v) is 6.60. The van der Waals surface area contributed by atoms with Crippen LogP contribution in [0.3, 0.4) is 0 Å². The van der Waals surface area contributed by atoms with Gasteiger partial charge in [0, 0.05) is 31.1 Å². The Morgan fingerprint density at radius 2 is 1.70 bits per heavy atom. The average molecular weight is 516 g/mol. The quantitative estimate of drug-likeness (QED) is 0.350. The third-order valence-electron chi connectivity index (χ3n) is 6.60. The summed E-state index contributed by atoms with van der Waals surface area (Å²) in [5.74, 6) is -1.20. The molecule has 4 nitrogen and oxygen atoms in total. The number of ether oxygens (including phenoxy) is 1. The van der Waals surface area contributed by atoms with E-state index in [1.807, 2.05) is 32.0 Å². The fourth-order valence-electron chi connectivity index (χ4n) is 4.80. The SMILES string of the molecule is Cc1cc(C)cc([C@@H]2CCN(Cc3cc(C(F)(F)F)ccc3-c3cc(C(C)C)c(F)cc3O)C(=O)O2)c1. The Balaban J connectivity index is 1.68. The molecule has 1 fully saturated rings. The number of benzene rings is 3. The number of hydrogen-bond acceptors (Lipinski definition) is 3. The highest BCUT2D eigenvalue weighted by Crippen LogP contribution is 2.40. The maximum Gasteiger partial charge on any atom is 0.416 e. The summed E-state index contributed by atoms with van der Waals surface area (Å²) in [4.78, 5) is 14.3. The van der Waals surface area contributed by atoms with Gasteiger partial charge in [0.25, 0.3) is 0 Å². The molecule has 0 aliphatic carbocycles. The Morgan fingerprint density at radius 1 is 1.03 bits per heavy atom. The number of phenolic OH excluding ortho intramolecular Hbond substituents is 1. The Morgan fingerprint density at radius 3 is 2.30 bits per heavy atom. The van der Waals surface area contributed by atoms with Crippen LogP contribution < -0.4 is 0 Å². The van der Waals surface area contributed by atoms with E-state index < -0.39 is 29.8 Å². The second-order valence-corrected chi connectivity index (χ2v) is 9.92. The first-order valence-corrected chi connectivity index (χ1v) is 12.1. The summed E-state index contributed by atoms with van der Waals surface area (Å²) in [6, 6.07) is 11.5. The molecule has 0 unspecified atom stereocenters. The summed E-state index contributed by atoms with van der Waals surface area (Å²) in [5, 5.41) is 10.5. The van der Waals surface area contributed by atoms with Gasteiger partial charge in [-0.3, -0.25) is 0 Å². The number of phenols is 1. The number of aryl methyl sites for hydroxylation is 2. The first-order chi connectivity index (χ1) is 17.3. The van der Waals surface area contributed by atoms with Gasteiger partial charge in [0.2, 0.25) is 0 Å². The molecule has 0 saturated carbocycles. The van der Waals surface area contributed by atoms with Crippen molar-refractivity contribution in [3.63, 3.8) is 0 Å². The van der Waals surface area contributed by atoms with Crippen molar-refractivity contribution in [1.82, 2.24) is 4.90 Å². The fourth-order valence-corrected chi connectivity index (χ4v) is 4.80. The highest BCUT2D eigenvalue weighted by molar-refractivity contribution is 5.76. The van der Waals surface area contributed by atoms with Gasteiger partial charge in [-0.25, -0.2) is 9.18 Å². The van der Waals surface area contributed by atoms with E-state index in [2.05, 4.69) is 0 Å². The lowest BCUT2D eigenvalue weighted by atomic mass is 9.92. The minimum absolute atomic E-state index is 0.161. The van der Waals surface area contributed by atoms with Gasteiger partial charge < -0.3 is 14.7 Å². The van der Waals surface area contributed by atoms with Crippen molar-refractivity contribution in [3.8, 4) is 16.9 Å². The van der Waals surface area contributed by atoms with Crippen LogP contribution in [0, 0.1) is 19.7 Å². The van der Waals surface area contributed by atoms with Gasteiger partial charge in [-0.1, -0.05) is 49.2 Å². The molecular weight excluding hydrogens is 486 g/mol. The second kappa shape index (κ2) is 10.1. The van der Waals surface area contributed by atoms with Gasteiger partial charge in [-0.05, 0) is 60.2 Å². The van der Waals surface area contributed by atoms with Gasteiger partial charge in [-0.2, -0.15) is 13.2 Å². The van der Waals surface area contributed by atoms with Gasteiger partial charge in [0.1, 0.15) is 17.7 Å². The summed E-state index contributed by atoms with van der Waals surface area (Å²) in [5.41, 5.74) is 3.08. The van der Waals surface area contributed by atoms with E-state index in [-0.39, 0.29) is 41.4 Å². The van der Waals surface area contributed by atoms with E-state index in [0.717, 1.165) is 34.9 Å². The van der Waals surface area contributed by atoms with Crippen LogP contribution in [0.2, 0.25) is 0 Å². The molecule has 0 spiro atoms. The number of hydrogen-bond donors (Lipinski definition) is 1. The molecule has 1 aliphatic heterocycles. The molecule has 0 aromatic heterocycles. The summed E-state index contributed by atoms with van der Waals surface area (Å²) >= 11 is 0. The first-order valence-electron chi connectivity index (χ1n) is 12.1. The van der Waals surface area contributed by atoms with Gasteiger partial charge >= 0.3 is 12.3 Å². The minimum Gasteiger partial charge on any atom is -0.507 e. The van der Waals surface area contributed by atoms with Crippen molar-refractivity contribution in [3.05, 3.63) is 87.7 Å².